The lowest BCUT2D eigenvalue weighted by Crippen LogP contribution is -2.45. The topological polar surface area (TPSA) is 95.9 Å². The Balaban J connectivity index is 3.40. The lowest BCUT2D eigenvalue weighted by atomic mass is 10.0. The second kappa shape index (κ2) is 68.3. The molecule has 3 N–H and O–H groups in total. The minimum Gasteiger partial charge on any atom is -0.466 e. The lowest BCUT2D eigenvalue weighted by Gasteiger charge is -2.20. The first-order chi connectivity index (χ1) is 39.0. The van der Waals surface area contributed by atoms with Crippen LogP contribution in [0.2, 0.25) is 0 Å². The molecule has 0 heterocycles. The molecule has 0 saturated carbocycles. The Kier molecular flexibility index (Phi) is 66.4. The van der Waals surface area contributed by atoms with Crippen molar-refractivity contribution in [3.8, 4) is 0 Å². The van der Waals surface area contributed by atoms with Gasteiger partial charge in [0.2, 0.25) is 5.91 Å². The van der Waals surface area contributed by atoms with Crippen molar-refractivity contribution in [2.24, 2.45) is 0 Å². The highest BCUT2D eigenvalue weighted by atomic mass is 16.5. The molecule has 0 aromatic heterocycles. The van der Waals surface area contributed by atoms with Gasteiger partial charge in [-0.2, -0.15) is 0 Å². The molecule has 0 aliphatic rings. The van der Waals surface area contributed by atoms with Crippen LogP contribution in [-0.2, 0) is 14.3 Å². The number of nitrogens with one attached hydrogen (secondary N) is 1. The van der Waals surface area contributed by atoms with Crippen LogP contribution in [0, 0.1) is 0 Å². The fourth-order valence-corrected chi connectivity index (χ4v) is 10.9. The number of rotatable bonds is 66. The summed E-state index contributed by atoms with van der Waals surface area (Å²) in [7, 11) is 0. The summed E-state index contributed by atoms with van der Waals surface area (Å²) >= 11 is 0. The highest BCUT2D eigenvalue weighted by Gasteiger charge is 2.18. The summed E-state index contributed by atoms with van der Waals surface area (Å²) < 4.78 is 5.49. The molecule has 0 rings (SSSR count). The van der Waals surface area contributed by atoms with Gasteiger partial charge < -0.3 is 20.3 Å². The molecule has 0 saturated heterocycles. The number of allylic oxidation sites excluding steroid dienone is 7. The highest BCUT2D eigenvalue weighted by molar-refractivity contribution is 5.76. The minimum atomic E-state index is -0.844. The van der Waals surface area contributed by atoms with Crippen molar-refractivity contribution in [2.45, 2.75) is 392 Å². The molecular formula is C73H137NO5. The second-order valence-electron chi connectivity index (χ2n) is 24.2. The first kappa shape index (κ1) is 76.8. The number of aliphatic hydroxyl groups is 2. The van der Waals surface area contributed by atoms with Crippen molar-refractivity contribution in [3.63, 3.8) is 0 Å². The van der Waals surface area contributed by atoms with Crippen molar-refractivity contribution in [1.29, 1.82) is 0 Å². The van der Waals surface area contributed by atoms with Crippen LogP contribution in [0.15, 0.2) is 48.6 Å². The third-order valence-corrected chi connectivity index (χ3v) is 16.3. The predicted molar refractivity (Wildman–Crippen MR) is 347 cm³/mol. The summed E-state index contributed by atoms with van der Waals surface area (Å²) in [5, 5.41) is 23.2. The van der Waals surface area contributed by atoms with Crippen LogP contribution in [0.25, 0.3) is 0 Å². The van der Waals surface area contributed by atoms with Crippen molar-refractivity contribution in [2.75, 3.05) is 13.2 Å². The van der Waals surface area contributed by atoms with Crippen LogP contribution in [-0.4, -0.2) is 47.4 Å². The lowest BCUT2D eigenvalue weighted by molar-refractivity contribution is -0.143. The molecule has 0 fully saturated rings. The maximum Gasteiger partial charge on any atom is 0.305 e. The molecule has 0 aromatic carbocycles. The summed E-state index contributed by atoms with van der Waals surface area (Å²) in [5.41, 5.74) is 0. The fraction of sp³-hybridized carbons (Fsp3) is 0.863. The molecule has 0 bridgehead atoms. The van der Waals surface area contributed by atoms with Gasteiger partial charge in [0.05, 0.1) is 25.4 Å². The van der Waals surface area contributed by atoms with Crippen LogP contribution >= 0.6 is 0 Å². The van der Waals surface area contributed by atoms with E-state index in [4.69, 9.17) is 4.74 Å². The summed E-state index contributed by atoms with van der Waals surface area (Å²) in [4.78, 5) is 24.6. The number of aliphatic hydroxyl groups excluding tert-OH is 2. The smallest absolute Gasteiger partial charge is 0.305 e. The summed E-state index contributed by atoms with van der Waals surface area (Å²) in [5.74, 6) is -0.0602. The number of amides is 1. The number of carbonyl (C=O) groups is 2. The van der Waals surface area contributed by atoms with Gasteiger partial charge in [0.1, 0.15) is 0 Å². The zero-order valence-corrected chi connectivity index (χ0v) is 53.1. The number of carbonyl (C=O) groups excluding carboxylic acids is 2. The van der Waals surface area contributed by atoms with Crippen LogP contribution in [0.4, 0.5) is 0 Å². The van der Waals surface area contributed by atoms with Gasteiger partial charge in [-0.05, 0) is 89.9 Å². The van der Waals surface area contributed by atoms with Crippen LogP contribution in [0.1, 0.15) is 380 Å². The van der Waals surface area contributed by atoms with Crippen LogP contribution in [0.5, 0.6) is 0 Å². The average molecular weight is 1110 g/mol. The van der Waals surface area contributed by atoms with Gasteiger partial charge >= 0.3 is 5.97 Å². The maximum atomic E-state index is 12.5. The van der Waals surface area contributed by atoms with Gasteiger partial charge in [0, 0.05) is 12.8 Å². The quantitative estimate of drug-likeness (QED) is 0.0320. The molecule has 0 aromatic rings. The normalized spacial score (nSPS) is 12.8. The third kappa shape index (κ3) is 64.8. The Morgan fingerprint density at radius 2 is 0.633 bits per heavy atom. The van der Waals surface area contributed by atoms with Gasteiger partial charge in [-0.1, -0.05) is 326 Å². The zero-order chi connectivity index (χ0) is 57.1. The standard InChI is InChI=1S/C73H137NO5/c1-3-5-7-9-11-13-15-17-19-39-43-47-51-55-59-63-67-73(78)79-68-64-60-56-52-48-44-40-36-34-32-30-28-26-24-22-20-21-23-25-27-29-31-33-35-38-42-46-50-54-58-62-66-72(77)74-70(69-75)71(76)65-61-57-53-49-45-41-37-18-16-14-12-10-8-6-4-2/h19,22,24,28,30,39,61,65,70-71,75-76H,3-18,20-21,23,25-27,29,31-38,40-60,62-64,66-69H2,1-2H3,(H,74,77)/b24-22-,30-28-,39-19-,65-61+. The van der Waals surface area contributed by atoms with Crippen molar-refractivity contribution in [3.05, 3.63) is 48.6 Å². The Hall–Kier alpha value is -2.18. The Bertz CT molecular complexity index is 1320. The molecule has 464 valence electrons. The Morgan fingerprint density at radius 3 is 0.975 bits per heavy atom. The van der Waals surface area contributed by atoms with Crippen molar-refractivity contribution >= 4 is 11.9 Å². The molecule has 2 atom stereocenters. The minimum absolute atomic E-state index is 0.00561. The van der Waals surface area contributed by atoms with Gasteiger partial charge in [0.15, 0.2) is 0 Å². The third-order valence-electron chi connectivity index (χ3n) is 16.3. The molecule has 2 unspecified atom stereocenters. The number of hydrogen-bond donors (Lipinski definition) is 3. The number of hydrogen-bond acceptors (Lipinski definition) is 5. The molecule has 0 aliphatic carbocycles. The van der Waals surface area contributed by atoms with E-state index in [1.807, 2.05) is 6.08 Å². The van der Waals surface area contributed by atoms with E-state index >= 15 is 0 Å². The zero-order valence-electron chi connectivity index (χ0n) is 53.1. The molecule has 0 aliphatic heterocycles. The van der Waals surface area contributed by atoms with Gasteiger partial charge in [-0.15, -0.1) is 0 Å². The highest BCUT2D eigenvalue weighted by Crippen LogP contribution is 2.18. The maximum absolute atomic E-state index is 12.5. The largest absolute Gasteiger partial charge is 0.466 e. The monoisotopic (exact) mass is 1110 g/mol. The van der Waals surface area contributed by atoms with E-state index < -0.39 is 12.1 Å². The van der Waals surface area contributed by atoms with Gasteiger partial charge in [-0.3, -0.25) is 9.59 Å². The first-order valence-electron chi connectivity index (χ1n) is 35.4. The second-order valence-corrected chi connectivity index (χ2v) is 24.2. The van der Waals surface area contributed by atoms with E-state index in [1.54, 1.807) is 6.08 Å². The summed E-state index contributed by atoms with van der Waals surface area (Å²) in [6.07, 6.45) is 89.1. The number of unbranched alkanes of at least 4 members (excludes halogenated alkanes) is 49. The van der Waals surface area contributed by atoms with Crippen molar-refractivity contribution < 1.29 is 24.5 Å². The fourth-order valence-electron chi connectivity index (χ4n) is 10.9. The molecular weight excluding hydrogens is 971 g/mol. The van der Waals surface area contributed by atoms with E-state index in [0.29, 0.717) is 19.4 Å². The molecule has 79 heavy (non-hydrogen) atoms. The van der Waals surface area contributed by atoms with E-state index in [-0.39, 0.29) is 18.5 Å². The predicted octanol–water partition coefficient (Wildman–Crippen LogP) is 22.9. The molecule has 0 radical (unpaired) electrons. The van der Waals surface area contributed by atoms with Crippen molar-refractivity contribution in [1.82, 2.24) is 5.32 Å². The first-order valence-corrected chi connectivity index (χ1v) is 35.4. The Labute approximate surface area is 493 Å². The van der Waals surface area contributed by atoms with E-state index in [1.165, 1.54) is 302 Å². The number of esters is 1. The van der Waals surface area contributed by atoms with Crippen LogP contribution < -0.4 is 5.32 Å². The molecule has 6 nitrogen and oxygen atoms in total. The number of ether oxygens (including phenoxy) is 1. The SMILES string of the molecule is CCCCCCCCC/C=C\CCCCCCCC(=O)OCCCCCCCCCCC/C=C\C/C=C\CCCCCCCCCCCCCCCCCC(=O)NC(CO)C(O)/C=C/CCCCCCCCCCCCCCC. The average Bonchev–Trinajstić information content (AvgIpc) is 3.45. The summed E-state index contributed by atoms with van der Waals surface area (Å²) in [6.45, 7) is 4.92. The Morgan fingerprint density at radius 1 is 0.354 bits per heavy atom. The van der Waals surface area contributed by atoms with Crippen LogP contribution in [0.3, 0.4) is 0 Å². The molecule has 6 heteroatoms. The van der Waals surface area contributed by atoms with Gasteiger partial charge in [-0.25, -0.2) is 0 Å². The van der Waals surface area contributed by atoms with E-state index in [2.05, 4.69) is 55.6 Å². The molecule has 0 spiro atoms. The molecule has 1 amide bonds. The van der Waals surface area contributed by atoms with Gasteiger partial charge in [0.25, 0.3) is 0 Å². The van der Waals surface area contributed by atoms with E-state index in [0.717, 1.165) is 51.4 Å². The van der Waals surface area contributed by atoms with E-state index in [9.17, 15) is 19.8 Å². The summed E-state index contributed by atoms with van der Waals surface area (Å²) in [6, 6.07) is -0.628.